The van der Waals surface area contributed by atoms with Crippen LogP contribution in [-0.2, 0) is 22.4 Å². The standard InChI is InChI=1S/C26H29N3O4/c1-18-4-3-5-21(14-18)20-8-6-19(7-9-20)15-22-17-29(13-12-27-26(22)31)25(30)11-10-23-16-24(32-2)28-33-23/h3-9,14,16,22H,10-13,15,17H2,1-2H3,(H,27,31). The number of hydrogen-bond acceptors (Lipinski definition) is 5. The molecule has 1 aliphatic heterocycles. The summed E-state index contributed by atoms with van der Waals surface area (Å²) in [5, 5.41) is 6.71. The van der Waals surface area contributed by atoms with E-state index in [1.807, 2.05) is 0 Å². The number of methoxy groups -OCH3 is 1. The van der Waals surface area contributed by atoms with Crippen molar-refractivity contribution in [3.8, 4) is 17.0 Å². The number of aromatic nitrogens is 1. The third kappa shape index (κ3) is 5.80. The minimum absolute atomic E-state index is 0.00154. The molecule has 0 saturated carbocycles. The number of aryl methyl sites for hydroxylation is 2. The van der Waals surface area contributed by atoms with Gasteiger partial charge < -0.3 is 19.5 Å². The minimum atomic E-state index is -0.286. The Morgan fingerprint density at radius 3 is 2.73 bits per heavy atom. The van der Waals surface area contributed by atoms with Gasteiger partial charge in [0.15, 0.2) is 0 Å². The number of rotatable bonds is 7. The molecule has 2 amide bonds. The van der Waals surface area contributed by atoms with Crippen molar-refractivity contribution in [3.63, 3.8) is 0 Å². The fraction of sp³-hybridized carbons (Fsp3) is 0.346. The lowest BCUT2D eigenvalue weighted by Gasteiger charge is -2.23. The first-order valence-corrected chi connectivity index (χ1v) is 11.2. The van der Waals surface area contributed by atoms with E-state index in [0.29, 0.717) is 50.5 Å². The molecule has 172 valence electrons. The summed E-state index contributed by atoms with van der Waals surface area (Å²) in [5.74, 6) is 0.714. The zero-order chi connectivity index (χ0) is 23.2. The molecule has 1 aliphatic rings. The molecule has 1 fully saturated rings. The molecule has 0 radical (unpaired) electrons. The van der Waals surface area contributed by atoms with Gasteiger partial charge in [-0.3, -0.25) is 9.59 Å². The van der Waals surface area contributed by atoms with E-state index >= 15 is 0 Å². The van der Waals surface area contributed by atoms with E-state index in [4.69, 9.17) is 9.26 Å². The summed E-state index contributed by atoms with van der Waals surface area (Å²) >= 11 is 0. The first-order chi connectivity index (χ1) is 16.0. The normalized spacial score (nSPS) is 16.2. The van der Waals surface area contributed by atoms with Gasteiger partial charge in [0, 0.05) is 38.5 Å². The Morgan fingerprint density at radius 2 is 2.00 bits per heavy atom. The van der Waals surface area contributed by atoms with E-state index in [9.17, 15) is 9.59 Å². The molecule has 1 atom stereocenters. The molecule has 0 bridgehead atoms. The van der Waals surface area contributed by atoms with E-state index in [2.05, 4.69) is 65.9 Å². The van der Waals surface area contributed by atoms with Crippen molar-refractivity contribution in [3.05, 3.63) is 71.5 Å². The van der Waals surface area contributed by atoms with Gasteiger partial charge in [-0.2, -0.15) is 0 Å². The molecule has 1 unspecified atom stereocenters. The average Bonchev–Trinajstić information content (AvgIpc) is 3.22. The molecule has 3 aromatic rings. The van der Waals surface area contributed by atoms with Crippen LogP contribution >= 0.6 is 0 Å². The second-order valence-corrected chi connectivity index (χ2v) is 8.43. The molecule has 1 saturated heterocycles. The zero-order valence-electron chi connectivity index (χ0n) is 19.0. The Bertz CT molecular complexity index is 1110. The number of amides is 2. The highest BCUT2D eigenvalue weighted by molar-refractivity contribution is 5.82. The SMILES string of the molecule is COc1cc(CCC(=O)N2CCNC(=O)C(Cc3ccc(-c4cccc(C)c4)cc3)C2)on1. The Balaban J connectivity index is 1.38. The van der Waals surface area contributed by atoms with Crippen LogP contribution in [0.4, 0.5) is 0 Å². The quantitative estimate of drug-likeness (QED) is 0.600. The van der Waals surface area contributed by atoms with Gasteiger partial charge in [0.05, 0.1) is 13.0 Å². The van der Waals surface area contributed by atoms with Gasteiger partial charge in [-0.15, -0.1) is 0 Å². The van der Waals surface area contributed by atoms with Gasteiger partial charge in [-0.05, 0) is 35.2 Å². The van der Waals surface area contributed by atoms with Gasteiger partial charge in [-0.25, -0.2) is 0 Å². The van der Waals surface area contributed by atoms with Crippen molar-refractivity contribution in [1.29, 1.82) is 0 Å². The number of carbonyl (C=O) groups excluding carboxylic acids is 2. The van der Waals surface area contributed by atoms with Crippen LogP contribution in [0.15, 0.2) is 59.1 Å². The second kappa shape index (κ2) is 10.3. The van der Waals surface area contributed by atoms with Crippen LogP contribution in [0.3, 0.4) is 0 Å². The lowest BCUT2D eigenvalue weighted by molar-refractivity contribution is -0.132. The van der Waals surface area contributed by atoms with Crippen molar-refractivity contribution in [1.82, 2.24) is 15.4 Å². The summed E-state index contributed by atoms with van der Waals surface area (Å²) < 4.78 is 10.2. The molecule has 2 aromatic carbocycles. The van der Waals surface area contributed by atoms with E-state index in [0.717, 1.165) is 11.1 Å². The number of benzene rings is 2. The van der Waals surface area contributed by atoms with Gasteiger partial charge in [0.2, 0.25) is 11.8 Å². The number of ether oxygens (including phenoxy) is 1. The molecule has 1 N–H and O–H groups in total. The van der Waals surface area contributed by atoms with Crippen LogP contribution in [0.1, 0.15) is 23.3 Å². The first-order valence-electron chi connectivity index (χ1n) is 11.2. The smallest absolute Gasteiger partial charge is 0.254 e. The lowest BCUT2D eigenvalue weighted by atomic mass is 9.95. The molecule has 7 nitrogen and oxygen atoms in total. The molecule has 4 rings (SSSR count). The third-order valence-corrected chi connectivity index (χ3v) is 5.96. The summed E-state index contributed by atoms with van der Waals surface area (Å²) in [7, 11) is 1.52. The average molecular weight is 448 g/mol. The van der Waals surface area contributed by atoms with Crippen LogP contribution in [0.25, 0.3) is 11.1 Å². The minimum Gasteiger partial charge on any atom is -0.479 e. The summed E-state index contributed by atoms with van der Waals surface area (Å²) in [4.78, 5) is 27.2. The molecular weight excluding hydrogens is 418 g/mol. The monoisotopic (exact) mass is 447 g/mol. The van der Waals surface area contributed by atoms with Crippen LogP contribution in [-0.4, -0.2) is 48.6 Å². The molecule has 33 heavy (non-hydrogen) atoms. The van der Waals surface area contributed by atoms with Crippen molar-refractivity contribution >= 4 is 11.8 Å². The highest BCUT2D eigenvalue weighted by Crippen LogP contribution is 2.22. The molecule has 2 heterocycles. The number of nitrogens with one attached hydrogen (secondary N) is 1. The Morgan fingerprint density at radius 1 is 1.18 bits per heavy atom. The predicted molar refractivity (Wildman–Crippen MR) is 125 cm³/mol. The summed E-state index contributed by atoms with van der Waals surface area (Å²) in [5.41, 5.74) is 4.62. The Labute approximate surface area is 193 Å². The van der Waals surface area contributed by atoms with E-state index in [1.54, 1.807) is 11.0 Å². The van der Waals surface area contributed by atoms with Crippen LogP contribution in [0.2, 0.25) is 0 Å². The summed E-state index contributed by atoms with van der Waals surface area (Å²) in [6, 6.07) is 18.4. The van der Waals surface area contributed by atoms with Crippen molar-refractivity contribution in [2.75, 3.05) is 26.7 Å². The Kier molecular flexibility index (Phi) is 7.07. The van der Waals surface area contributed by atoms with Crippen molar-refractivity contribution < 1.29 is 18.8 Å². The lowest BCUT2D eigenvalue weighted by Crippen LogP contribution is -2.37. The van der Waals surface area contributed by atoms with E-state index in [-0.39, 0.29) is 17.7 Å². The largest absolute Gasteiger partial charge is 0.479 e. The number of carbonyl (C=O) groups is 2. The first kappa shape index (κ1) is 22.6. The van der Waals surface area contributed by atoms with Crippen LogP contribution < -0.4 is 10.1 Å². The molecule has 7 heteroatoms. The zero-order valence-corrected chi connectivity index (χ0v) is 19.0. The van der Waals surface area contributed by atoms with Gasteiger partial charge in [-0.1, -0.05) is 54.1 Å². The number of hydrogen-bond donors (Lipinski definition) is 1. The maximum absolute atomic E-state index is 12.8. The number of nitrogens with zero attached hydrogens (tertiary/aromatic N) is 2. The molecule has 0 spiro atoms. The molecule has 1 aromatic heterocycles. The van der Waals surface area contributed by atoms with E-state index in [1.165, 1.54) is 18.2 Å². The fourth-order valence-electron chi connectivity index (χ4n) is 4.12. The maximum atomic E-state index is 12.8. The van der Waals surface area contributed by atoms with Crippen molar-refractivity contribution in [2.24, 2.45) is 5.92 Å². The molecule has 0 aliphatic carbocycles. The summed E-state index contributed by atoms with van der Waals surface area (Å²) in [6.45, 7) is 3.46. The highest BCUT2D eigenvalue weighted by Gasteiger charge is 2.27. The second-order valence-electron chi connectivity index (χ2n) is 8.43. The van der Waals surface area contributed by atoms with Gasteiger partial charge in [0.1, 0.15) is 5.76 Å². The van der Waals surface area contributed by atoms with Gasteiger partial charge in [0.25, 0.3) is 5.88 Å². The van der Waals surface area contributed by atoms with Crippen LogP contribution in [0, 0.1) is 12.8 Å². The predicted octanol–water partition coefficient (Wildman–Crippen LogP) is 3.41. The topological polar surface area (TPSA) is 84.7 Å². The summed E-state index contributed by atoms with van der Waals surface area (Å²) in [6.07, 6.45) is 1.33. The van der Waals surface area contributed by atoms with Crippen molar-refractivity contribution in [2.45, 2.75) is 26.2 Å². The Hall–Kier alpha value is -3.61. The highest BCUT2D eigenvalue weighted by atomic mass is 16.5. The van der Waals surface area contributed by atoms with Gasteiger partial charge >= 0.3 is 0 Å². The van der Waals surface area contributed by atoms with E-state index < -0.39 is 0 Å². The maximum Gasteiger partial charge on any atom is 0.254 e. The molecular formula is C26H29N3O4. The fourth-order valence-corrected chi connectivity index (χ4v) is 4.12. The van der Waals surface area contributed by atoms with Crippen LogP contribution in [0.5, 0.6) is 5.88 Å². The third-order valence-electron chi connectivity index (χ3n) is 5.96.